The highest BCUT2D eigenvalue weighted by molar-refractivity contribution is 6.31. The first-order valence-electron chi connectivity index (χ1n) is 11.0. The molecule has 3 heterocycles. The van der Waals surface area contributed by atoms with Crippen molar-refractivity contribution in [1.29, 1.82) is 0 Å². The van der Waals surface area contributed by atoms with Crippen LogP contribution in [0.5, 0.6) is 0 Å². The van der Waals surface area contributed by atoms with Crippen LogP contribution < -0.4 is 21.7 Å². The molecule has 0 fully saturated rings. The summed E-state index contributed by atoms with van der Waals surface area (Å²) in [5.74, 6) is -1.23. The van der Waals surface area contributed by atoms with Crippen LogP contribution in [0.4, 0.5) is 16.2 Å². The van der Waals surface area contributed by atoms with E-state index in [0.29, 0.717) is 21.8 Å². The Hall–Kier alpha value is -4.77. The molecule has 10 nitrogen and oxygen atoms in total. The van der Waals surface area contributed by atoms with E-state index in [0.717, 1.165) is 0 Å². The molecule has 0 radical (unpaired) electrons. The van der Waals surface area contributed by atoms with Crippen molar-refractivity contribution in [3.05, 3.63) is 94.0 Å². The summed E-state index contributed by atoms with van der Waals surface area (Å²) in [6, 6.07) is 13.1. The largest absolute Gasteiger partial charge is 0.423 e. The molecular formula is C25H19ClFN7O3. The molecule has 2 aromatic heterocycles. The molecule has 5 N–H and O–H groups in total. The number of fused-ring (bicyclic) bond motifs is 1. The number of rotatable bonds is 5. The van der Waals surface area contributed by atoms with Gasteiger partial charge < -0.3 is 20.8 Å². The second-order valence-corrected chi connectivity index (χ2v) is 8.48. The van der Waals surface area contributed by atoms with Crippen LogP contribution in [-0.2, 0) is 4.79 Å². The van der Waals surface area contributed by atoms with E-state index in [2.05, 4.69) is 30.9 Å². The molecule has 5 rings (SSSR count). The Morgan fingerprint density at radius 3 is 2.76 bits per heavy atom. The van der Waals surface area contributed by atoms with Crippen LogP contribution in [-0.4, -0.2) is 27.7 Å². The van der Waals surface area contributed by atoms with Crippen LogP contribution in [0.15, 0.2) is 81.5 Å². The Morgan fingerprint density at radius 1 is 1.16 bits per heavy atom. The van der Waals surface area contributed by atoms with Gasteiger partial charge in [-0.25, -0.2) is 14.4 Å². The van der Waals surface area contributed by atoms with E-state index in [1.807, 2.05) is 0 Å². The minimum absolute atomic E-state index is 0.0814. The Morgan fingerprint density at radius 2 is 1.97 bits per heavy atom. The Bertz CT molecular complexity index is 1610. The number of anilines is 2. The van der Waals surface area contributed by atoms with Crippen molar-refractivity contribution in [2.24, 2.45) is 10.7 Å². The van der Waals surface area contributed by atoms with Crippen molar-refractivity contribution in [2.45, 2.75) is 13.0 Å². The maximum absolute atomic E-state index is 13.5. The molecule has 1 atom stereocenters. The summed E-state index contributed by atoms with van der Waals surface area (Å²) in [6.45, 7) is 1.70. The number of nitrogens with one attached hydrogen (secondary N) is 3. The van der Waals surface area contributed by atoms with E-state index in [-0.39, 0.29) is 34.5 Å². The predicted molar refractivity (Wildman–Crippen MR) is 136 cm³/mol. The van der Waals surface area contributed by atoms with Crippen LogP contribution in [0.25, 0.3) is 11.1 Å². The van der Waals surface area contributed by atoms with Crippen molar-refractivity contribution in [3.63, 3.8) is 0 Å². The third kappa shape index (κ3) is 4.98. The van der Waals surface area contributed by atoms with Crippen molar-refractivity contribution in [2.75, 3.05) is 10.6 Å². The van der Waals surface area contributed by atoms with E-state index >= 15 is 0 Å². The topological polar surface area (TPSA) is 148 Å². The zero-order chi connectivity index (χ0) is 26.1. The fourth-order valence-electron chi connectivity index (χ4n) is 3.84. The van der Waals surface area contributed by atoms with Crippen LogP contribution in [0, 0.1) is 5.82 Å². The van der Waals surface area contributed by atoms with Gasteiger partial charge in [0.2, 0.25) is 11.9 Å². The van der Waals surface area contributed by atoms with Gasteiger partial charge in [0.15, 0.2) is 5.58 Å². The van der Waals surface area contributed by atoms with Crippen molar-refractivity contribution < 1.29 is 18.4 Å². The normalized spacial score (nSPS) is 15.2. The molecule has 1 unspecified atom stereocenters. The quantitative estimate of drug-likeness (QED) is 0.310. The first-order valence-corrected chi connectivity index (χ1v) is 11.4. The number of primary amides is 1. The van der Waals surface area contributed by atoms with E-state index in [4.69, 9.17) is 21.8 Å². The molecule has 2 aromatic carbocycles. The lowest BCUT2D eigenvalue weighted by Gasteiger charge is -2.26. The predicted octanol–water partition coefficient (Wildman–Crippen LogP) is 4.14. The zero-order valence-corrected chi connectivity index (χ0v) is 20.0. The third-order valence-electron chi connectivity index (χ3n) is 5.55. The van der Waals surface area contributed by atoms with Gasteiger partial charge in [-0.15, -0.1) is 0 Å². The number of benzene rings is 2. The Balaban J connectivity index is 1.48. The highest BCUT2D eigenvalue weighted by Crippen LogP contribution is 2.35. The summed E-state index contributed by atoms with van der Waals surface area (Å²) < 4.78 is 19.1. The number of hydrogen-bond acceptors (Lipinski definition) is 8. The Labute approximate surface area is 214 Å². The number of carbonyl (C=O) groups excluding carboxylic acids is 2. The average molecular weight is 520 g/mol. The summed E-state index contributed by atoms with van der Waals surface area (Å²) in [5.41, 5.74) is 7.57. The first kappa shape index (κ1) is 23.9. The molecule has 0 bridgehead atoms. The standard InChI is InChI=1S/C25H19ClFN7O3/c1-12-20(23(36)32-19-10-13(22(28)35)8-9-29-19)21(15-4-2-3-5-16(15)26)33-24(30-12)34-25-31-17-7-6-14(27)11-18(17)37-25/h2-11,21H,1H3,(H2,28,35)(H,29,32,36)(H2,30,31,33,34). The fraction of sp³-hybridized carbons (Fsp3) is 0.0800. The lowest BCUT2D eigenvalue weighted by Crippen LogP contribution is -2.37. The van der Waals surface area contributed by atoms with Crippen LogP contribution in [0.3, 0.4) is 0 Å². The second kappa shape index (κ2) is 9.70. The molecule has 1 aliphatic heterocycles. The molecule has 0 spiro atoms. The van der Waals surface area contributed by atoms with Gasteiger partial charge in [-0.1, -0.05) is 29.8 Å². The molecule has 12 heteroatoms. The van der Waals surface area contributed by atoms with E-state index in [1.165, 1.54) is 36.5 Å². The smallest absolute Gasteiger partial charge is 0.302 e. The number of pyridine rings is 1. The molecule has 0 saturated heterocycles. The molecule has 2 amide bonds. The third-order valence-corrected chi connectivity index (χ3v) is 5.89. The number of aliphatic imine (C=N–C) groups is 1. The van der Waals surface area contributed by atoms with Crippen molar-refractivity contribution in [3.8, 4) is 0 Å². The molecule has 37 heavy (non-hydrogen) atoms. The van der Waals surface area contributed by atoms with Gasteiger partial charge in [0.25, 0.3) is 5.91 Å². The maximum Gasteiger partial charge on any atom is 0.302 e. The minimum Gasteiger partial charge on any atom is -0.423 e. The molecule has 186 valence electrons. The van der Waals surface area contributed by atoms with Crippen molar-refractivity contribution >= 4 is 52.3 Å². The highest BCUT2D eigenvalue weighted by Gasteiger charge is 2.31. The summed E-state index contributed by atoms with van der Waals surface area (Å²) in [7, 11) is 0. The Kier molecular flexibility index (Phi) is 6.28. The van der Waals surface area contributed by atoms with Crippen LogP contribution in [0.1, 0.15) is 28.9 Å². The maximum atomic E-state index is 13.5. The number of hydrogen-bond donors (Lipinski definition) is 4. The van der Waals surface area contributed by atoms with E-state index in [1.54, 1.807) is 31.2 Å². The van der Waals surface area contributed by atoms with Gasteiger partial charge in [0.05, 0.1) is 5.57 Å². The summed E-state index contributed by atoms with van der Waals surface area (Å²) in [5, 5.41) is 9.06. The first-order chi connectivity index (χ1) is 17.8. The number of guanidine groups is 1. The molecule has 0 aliphatic carbocycles. The number of halogens is 2. The molecule has 0 saturated carbocycles. The van der Waals surface area contributed by atoms with E-state index in [9.17, 15) is 14.0 Å². The second-order valence-electron chi connectivity index (χ2n) is 8.07. The van der Waals surface area contributed by atoms with E-state index < -0.39 is 23.7 Å². The molecule has 4 aromatic rings. The summed E-state index contributed by atoms with van der Waals surface area (Å²) in [6.07, 6.45) is 1.37. The van der Waals surface area contributed by atoms with Gasteiger partial charge in [0, 0.05) is 34.1 Å². The number of aromatic nitrogens is 2. The lowest BCUT2D eigenvalue weighted by molar-refractivity contribution is -0.113. The number of amides is 2. The van der Waals surface area contributed by atoms with Gasteiger partial charge in [-0.2, -0.15) is 4.98 Å². The van der Waals surface area contributed by atoms with Gasteiger partial charge in [-0.05, 0) is 37.3 Å². The number of nitrogens with zero attached hydrogens (tertiary/aromatic N) is 3. The summed E-state index contributed by atoms with van der Waals surface area (Å²) >= 11 is 6.47. The zero-order valence-electron chi connectivity index (χ0n) is 19.3. The van der Waals surface area contributed by atoms with Crippen molar-refractivity contribution in [1.82, 2.24) is 15.3 Å². The fourth-order valence-corrected chi connectivity index (χ4v) is 4.08. The lowest BCUT2D eigenvalue weighted by atomic mass is 9.95. The minimum atomic E-state index is -0.821. The number of allylic oxidation sites excluding steroid dienone is 1. The summed E-state index contributed by atoms with van der Waals surface area (Å²) in [4.78, 5) is 38.0. The van der Waals surface area contributed by atoms with Gasteiger partial charge >= 0.3 is 6.01 Å². The number of carbonyl (C=O) groups is 2. The SMILES string of the molecule is CC1=C(C(=O)Nc2cc(C(N)=O)ccn2)C(c2ccccc2Cl)N=C(Nc2nc3ccc(F)cc3o2)N1. The molecule has 1 aliphatic rings. The van der Waals surface area contributed by atoms with Crippen LogP contribution in [0.2, 0.25) is 5.02 Å². The van der Waals surface area contributed by atoms with Crippen LogP contribution >= 0.6 is 11.6 Å². The number of nitrogens with two attached hydrogens (primary N) is 1. The van der Waals surface area contributed by atoms with Gasteiger partial charge in [-0.3, -0.25) is 14.9 Å². The monoisotopic (exact) mass is 519 g/mol. The van der Waals surface area contributed by atoms with Gasteiger partial charge in [0.1, 0.15) is 23.2 Å². The highest BCUT2D eigenvalue weighted by atomic mass is 35.5. The molecular weight excluding hydrogens is 501 g/mol. The average Bonchev–Trinajstić information content (AvgIpc) is 3.25. The number of oxazole rings is 1.